The Labute approximate surface area is 152 Å². The molecule has 26 heavy (non-hydrogen) atoms. The van der Waals surface area contributed by atoms with E-state index in [9.17, 15) is 15.0 Å². The van der Waals surface area contributed by atoms with Crippen molar-refractivity contribution in [3.8, 4) is 0 Å². The summed E-state index contributed by atoms with van der Waals surface area (Å²) in [7, 11) is 0. The van der Waals surface area contributed by atoms with Crippen molar-refractivity contribution in [2.24, 2.45) is 5.73 Å². The van der Waals surface area contributed by atoms with E-state index in [4.69, 9.17) is 16.2 Å². The zero-order valence-corrected chi connectivity index (χ0v) is 14.5. The average molecular weight is 384 g/mol. The summed E-state index contributed by atoms with van der Waals surface area (Å²) >= 11 is 1.47. The molecule has 3 heterocycles. The fraction of sp³-hybridized carbons (Fsp3) is 0.571. The number of fused-ring (bicyclic) bond motifs is 1. The zero-order chi connectivity index (χ0) is 18.7. The summed E-state index contributed by atoms with van der Waals surface area (Å²) in [5.41, 5.74) is 12.1. The predicted octanol–water partition coefficient (Wildman–Crippen LogP) is -1.39. The molecule has 5 atom stereocenters. The molecular formula is C14H20N6O5S. The summed E-state index contributed by atoms with van der Waals surface area (Å²) in [4.78, 5) is 22.3. The number of hydrogen-bond donors (Lipinski definition) is 4. The molecule has 6 N–H and O–H groups in total. The van der Waals surface area contributed by atoms with Crippen LogP contribution in [-0.4, -0.2) is 72.2 Å². The van der Waals surface area contributed by atoms with Crippen LogP contribution in [0.3, 0.4) is 0 Å². The van der Waals surface area contributed by atoms with Crippen molar-refractivity contribution >= 4 is 35.2 Å². The van der Waals surface area contributed by atoms with E-state index in [2.05, 4.69) is 19.7 Å². The quantitative estimate of drug-likeness (QED) is 0.240. The van der Waals surface area contributed by atoms with Gasteiger partial charge in [0.2, 0.25) is 0 Å². The number of aliphatic hydroxyl groups excluding tert-OH is 2. The van der Waals surface area contributed by atoms with Gasteiger partial charge in [-0.2, -0.15) is 11.8 Å². The highest BCUT2D eigenvalue weighted by Crippen LogP contribution is 2.33. The van der Waals surface area contributed by atoms with Gasteiger partial charge in [0, 0.05) is 12.2 Å². The standard InChI is InChI=1S/C14H20N6O5S/c15-8(24-6-21)1-2-26-3-7-10(22)11(23)14(25-7)20-5-19-9-12(16)17-4-18-13(9)20/h4-8,10-11,14,22-23H,1-3,15H2,(H2,16,17,18)/t7-,8-,10+,11?,14-/m1/s1. The molecule has 3 rings (SSSR count). The molecule has 2 aromatic heterocycles. The molecule has 0 aliphatic carbocycles. The second kappa shape index (κ2) is 8.14. The fourth-order valence-electron chi connectivity index (χ4n) is 2.69. The molecule has 1 unspecified atom stereocenters. The average Bonchev–Trinajstić information content (AvgIpc) is 3.16. The van der Waals surface area contributed by atoms with Gasteiger partial charge in [-0.05, 0) is 5.75 Å². The number of thioether (sulfide) groups is 1. The van der Waals surface area contributed by atoms with Crippen molar-refractivity contribution in [3.63, 3.8) is 0 Å². The largest absolute Gasteiger partial charge is 0.449 e. The maximum absolute atomic E-state index is 10.4. The van der Waals surface area contributed by atoms with E-state index < -0.39 is 30.8 Å². The van der Waals surface area contributed by atoms with Crippen LogP contribution in [0, 0.1) is 0 Å². The molecule has 1 aliphatic heterocycles. The number of aromatic nitrogens is 4. The normalized spacial score (nSPS) is 26.9. The van der Waals surface area contributed by atoms with Crippen LogP contribution in [0.2, 0.25) is 0 Å². The molecule has 0 saturated carbocycles. The third-order valence-corrected chi connectivity index (χ3v) is 5.15. The van der Waals surface area contributed by atoms with Crippen LogP contribution in [0.25, 0.3) is 11.2 Å². The van der Waals surface area contributed by atoms with E-state index in [0.29, 0.717) is 35.6 Å². The SMILES string of the molecule is Nc1ncnc2c1ncn2[C@@H]1O[C@H](CSCC[C@H](N)OC=O)[C@H](O)C1O. The van der Waals surface area contributed by atoms with E-state index in [-0.39, 0.29) is 5.82 Å². The van der Waals surface area contributed by atoms with Crippen LogP contribution in [0.1, 0.15) is 12.6 Å². The van der Waals surface area contributed by atoms with Gasteiger partial charge in [-0.15, -0.1) is 0 Å². The molecule has 1 fully saturated rings. The van der Waals surface area contributed by atoms with E-state index >= 15 is 0 Å². The van der Waals surface area contributed by atoms with E-state index in [0.717, 1.165) is 0 Å². The first-order valence-electron chi connectivity index (χ1n) is 7.90. The summed E-state index contributed by atoms with van der Waals surface area (Å²) in [6.07, 6.45) is -1.07. The van der Waals surface area contributed by atoms with Crippen molar-refractivity contribution in [2.75, 3.05) is 17.2 Å². The Bertz CT molecular complexity index is 761. The third kappa shape index (κ3) is 3.73. The monoisotopic (exact) mass is 384 g/mol. The van der Waals surface area contributed by atoms with Gasteiger partial charge >= 0.3 is 0 Å². The lowest BCUT2D eigenvalue weighted by Gasteiger charge is -2.16. The van der Waals surface area contributed by atoms with Crippen LogP contribution in [0.5, 0.6) is 0 Å². The van der Waals surface area contributed by atoms with Gasteiger partial charge in [-0.1, -0.05) is 0 Å². The number of hydrogen-bond acceptors (Lipinski definition) is 11. The van der Waals surface area contributed by atoms with Gasteiger partial charge in [0.15, 0.2) is 23.9 Å². The maximum atomic E-state index is 10.4. The number of nitrogen functional groups attached to an aromatic ring is 1. The molecule has 2 aromatic rings. The number of ether oxygens (including phenoxy) is 2. The minimum Gasteiger partial charge on any atom is -0.449 e. The van der Waals surface area contributed by atoms with Crippen molar-refractivity contribution in [1.29, 1.82) is 0 Å². The number of anilines is 1. The number of carbonyl (C=O) groups is 1. The summed E-state index contributed by atoms with van der Waals surface area (Å²) in [5, 5.41) is 20.6. The van der Waals surface area contributed by atoms with Gasteiger partial charge in [0.25, 0.3) is 6.47 Å². The number of aliphatic hydroxyl groups is 2. The summed E-state index contributed by atoms with van der Waals surface area (Å²) in [5.74, 6) is 1.27. The van der Waals surface area contributed by atoms with E-state index in [1.807, 2.05) is 0 Å². The molecule has 0 amide bonds. The number of imidazole rings is 1. The predicted molar refractivity (Wildman–Crippen MR) is 92.7 cm³/mol. The van der Waals surface area contributed by atoms with Gasteiger partial charge in [0.05, 0.1) is 12.4 Å². The summed E-state index contributed by atoms with van der Waals surface area (Å²) in [6, 6.07) is 0. The van der Waals surface area contributed by atoms with Crippen molar-refractivity contribution in [3.05, 3.63) is 12.7 Å². The molecular weight excluding hydrogens is 364 g/mol. The Kier molecular flexibility index (Phi) is 5.88. The Morgan fingerprint density at radius 3 is 2.96 bits per heavy atom. The number of rotatable bonds is 8. The van der Waals surface area contributed by atoms with Crippen molar-refractivity contribution in [2.45, 2.75) is 37.2 Å². The third-order valence-electron chi connectivity index (χ3n) is 4.06. The van der Waals surface area contributed by atoms with E-state index in [1.54, 1.807) is 0 Å². The Balaban J connectivity index is 1.62. The lowest BCUT2D eigenvalue weighted by atomic mass is 10.1. The van der Waals surface area contributed by atoms with Crippen LogP contribution >= 0.6 is 11.8 Å². The molecule has 1 aliphatic rings. The summed E-state index contributed by atoms with van der Waals surface area (Å²) in [6.45, 7) is 0.311. The molecule has 0 spiro atoms. The Hall–Kier alpha value is -1.99. The minimum atomic E-state index is -1.14. The molecule has 0 radical (unpaired) electrons. The molecule has 1 saturated heterocycles. The molecule has 12 heteroatoms. The van der Waals surface area contributed by atoms with E-state index in [1.165, 1.54) is 29.0 Å². The topological polar surface area (TPSA) is 172 Å². The lowest BCUT2D eigenvalue weighted by molar-refractivity contribution is -0.133. The second-order valence-corrected chi connectivity index (χ2v) is 6.91. The summed E-state index contributed by atoms with van der Waals surface area (Å²) < 4.78 is 11.9. The lowest BCUT2D eigenvalue weighted by Crippen LogP contribution is -2.32. The highest BCUT2D eigenvalue weighted by Gasteiger charge is 2.44. The zero-order valence-electron chi connectivity index (χ0n) is 13.7. The van der Waals surface area contributed by atoms with Crippen molar-refractivity contribution in [1.82, 2.24) is 19.5 Å². The Morgan fingerprint density at radius 2 is 2.19 bits per heavy atom. The Morgan fingerprint density at radius 1 is 1.38 bits per heavy atom. The number of nitrogens with two attached hydrogens (primary N) is 2. The maximum Gasteiger partial charge on any atom is 0.294 e. The highest BCUT2D eigenvalue weighted by molar-refractivity contribution is 7.99. The minimum absolute atomic E-state index is 0.225. The number of nitrogens with zero attached hydrogens (tertiary/aromatic N) is 4. The van der Waals surface area contributed by atoms with Gasteiger partial charge in [0.1, 0.15) is 24.1 Å². The van der Waals surface area contributed by atoms with Gasteiger partial charge in [-0.3, -0.25) is 15.1 Å². The molecule has 0 bridgehead atoms. The fourth-order valence-corrected chi connectivity index (χ4v) is 3.76. The second-order valence-electron chi connectivity index (χ2n) is 5.76. The molecule has 0 aromatic carbocycles. The highest BCUT2D eigenvalue weighted by atomic mass is 32.2. The smallest absolute Gasteiger partial charge is 0.294 e. The van der Waals surface area contributed by atoms with Crippen LogP contribution in [0.15, 0.2) is 12.7 Å². The van der Waals surface area contributed by atoms with Gasteiger partial charge < -0.3 is 25.4 Å². The first-order valence-corrected chi connectivity index (χ1v) is 9.05. The van der Waals surface area contributed by atoms with Crippen LogP contribution < -0.4 is 11.5 Å². The van der Waals surface area contributed by atoms with Gasteiger partial charge in [-0.25, -0.2) is 15.0 Å². The first-order chi connectivity index (χ1) is 12.5. The molecule has 11 nitrogen and oxygen atoms in total. The number of carbonyl (C=O) groups excluding carboxylic acids is 1. The van der Waals surface area contributed by atoms with Crippen molar-refractivity contribution < 1.29 is 24.5 Å². The molecule has 142 valence electrons. The first kappa shape index (κ1) is 18.8. The van der Waals surface area contributed by atoms with Crippen LogP contribution in [0.4, 0.5) is 5.82 Å². The van der Waals surface area contributed by atoms with Crippen LogP contribution in [-0.2, 0) is 14.3 Å².